The third-order valence-electron chi connectivity index (χ3n) is 6.43. The van der Waals surface area contributed by atoms with E-state index in [1.54, 1.807) is 0 Å². The molecule has 0 aromatic heterocycles. The molecule has 0 heteroatoms. The zero-order valence-corrected chi connectivity index (χ0v) is 15.2. The SMILES string of the molecule is CC.CC1CCCC(C2CCCCC2)CC(C)(C)[C@H]1C. The van der Waals surface area contributed by atoms with Crippen LogP contribution in [0.1, 0.15) is 99.3 Å². The average molecular weight is 281 g/mol. The summed E-state index contributed by atoms with van der Waals surface area (Å²) in [6, 6.07) is 0. The summed E-state index contributed by atoms with van der Waals surface area (Å²) < 4.78 is 0. The highest BCUT2D eigenvalue weighted by Crippen LogP contribution is 2.47. The van der Waals surface area contributed by atoms with Crippen LogP contribution in [0.4, 0.5) is 0 Å². The summed E-state index contributed by atoms with van der Waals surface area (Å²) in [6.07, 6.45) is 13.5. The van der Waals surface area contributed by atoms with E-state index in [2.05, 4.69) is 27.7 Å². The summed E-state index contributed by atoms with van der Waals surface area (Å²) in [4.78, 5) is 0. The Morgan fingerprint density at radius 1 is 0.700 bits per heavy atom. The van der Waals surface area contributed by atoms with Gasteiger partial charge in [0.25, 0.3) is 0 Å². The largest absolute Gasteiger partial charge is 0.0683 e. The molecule has 2 unspecified atom stereocenters. The van der Waals surface area contributed by atoms with Gasteiger partial charge in [0.2, 0.25) is 0 Å². The molecule has 0 aromatic carbocycles. The lowest BCUT2D eigenvalue weighted by molar-refractivity contribution is 0.0682. The van der Waals surface area contributed by atoms with E-state index in [1.807, 2.05) is 13.8 Å². The van der Waals surface area contributed by atoms with Crippen molar-refractivity contribution in [3.05, 3.63) is 0 Å². The smallest absolute Gasteiger partial charge is 0.0323 e. The molecular formula is C20H40. The van der Waals surface area contributed by atoms with Crippen LogP contribution >= 0.6 is 0 Å². The van der Waals surface area contributed by atoms with E-state index < -0.39 is 0 Å². The van der Waals surface area contributed by atoms with Crippen LogP contribution < -0.4 is 0 Å². The monoisotopic (exact) mass is 280 g/mol. The minimum atomic E-state index is 0.557. The first-order chi connectivity index (χ1) is 9.50. The van der Waals surface area contributed by atoms with Gasteiger partial charge in [-0.15, -0.1) is 0 Å². The predicted molar refractivity (Wildman–Crippen MR) is 92.0 cm³/mol. The molecule has 3 atom stereocenters. The van der Waals surface area contributed by atoms with E-state index in [0.29, 0.717) is 5.41 Å². The second kappa shape index (κ2) is 8.44. The van der Waals surface area contributed by atoms with Crippen molar-refractivity contribution in [3.63, 3.8) is 0 Å². The molecule has 120 valence electrons. The Hall–Kier alpha value is 0. The minimum absolute atomic E-state index is 0.557. The molecule has 0 saturated heterocycles. The number of rotatable bonds is 1. The van der Waals surface area contributed by atoms with Gasteiger partial charge in [0, 0.05) is 0 Å². The molecule has 0 N–H and O–H groups in total. The van der Waals surface area contributed by atoms with Crippen LogP contribution in [0.25, 0.3) is 0 Å². The molecule has 0 bridgehead atoms. The third kappa shape index (κ3) is 4.78. The van der Waals surface area contributed by atoms with Gasteiger partial charge in [0.1, 0.15) is 0 Å². The van der Waals surface area contributed by atoms with Crippen LogP contribution in [-0.2, 0) is 0 Å². The molecule has 2 fully saturated rings. The van der Waals surface area contributed by atoms with Crippen molar-refractivity contribution in [1.29, 1.82) is 0 Å². The van der Waals surface area contributed by atoms with Crippen LogP contribution in [0, 0.1) is 29.1 Å². The fourth-order valence-electron chi connectivity index (χ4n) is 4.69. The van der Waals surface area contributed by atoms with E-state index in [0.717, 1.165) is 23.7 Å². The molecule has 0 aromatic rings. The second-order valence-electron chi connectivity index (χ2n) is 8.05. The Labute approximate surface area is 129 Å². The molecule has 20 heavy (non-hydrogen) atoms. The maximum Gasteiger partial charge on any atom is -0.0323 e. The summed E-state index contributed by atoms with van der Waals surface area (Å²) in [5.41, 5.74) is 0.557. The van der Waals surface area contributed by atoms with E-state index in [1.165, 1.54) is 57.8 Å². The zero-order valence-electron chi connectivity index (χ0n) is 15.2. The normalized spacial score (nSPS) is 35.4. The molecule has 2 aliphatic carbocycles. The lowest BCUT2D eigenvalue weighted by atomic mass is 9.62. The summed E-state index contributed by atoms with van der Waals surface area (Å²) >= 11 is 0. The minimum Gasteiger partial charge on any atom is -0.0683 e. The molecule has 0 heterocycles. The van der Waals surface area contributed by atoms with E-state index in [9.17, 15) is 0 Å². The fraction of sp³-hybridized carbons (Fsp3) is 1.00. The van der Waals surface area contributed by atoms with Gasteiger partial charge in [-0.3, -0.25) is 0 Å². The second-order valence-corrected chi connectivity index (χ2v) is 8.05. The Morgan fingerprint density at radius 2 is 1.25 bits per heavy atom. The van der Waals surface area contributed by atoms with E-state index in [-0.39, 0.29) is 0 Å². The van der Waals surface area contributed by atoms with Gasteiger partial charge >= 0.3 is 0 Å². The zero-order chi connectivity index (χ0) is 15.2. The topological polar surface area (TPSA) is 0 Å². The van der Waals surface area contributed by atoms with E-state index >= 15 is 0 Å². The first-order valence-electron chi connectivity index (χ1n) is 9.50. The molecule has 2 saturated carbocycles. The molecule has 2 aliphatic rings. The first kappa shape index (κ1) is 18.1. The highest BCUT2D eigenvalue weighted by molar-refractivity contribution is 4.87. The van der Waals surface area contributed by atoms with Crippen LogP contribution in [0.2, 0.25) is 0 Å². The molecule has 0 amide bonds. The standard InChI is InChI=1S/C18H34.C2H6/c1-14-9-8-12-17(13-18(3,4)15(14)2)16-10-6-5-7-11-16;1-2/h14-17H,5-13H2,1-4H3;1-2H3/t14?,15-,17?;/m0./s1. The molecule has 0 spiro atoms. The summed E-state index contributed by atoms with van der Waals surface area (Å²) in [6.45, 7) is 14.1. The molecule has 2 rings (SSSR count). The van der Waals surface area contributed by atoms with Gasteiger partial charge in [-0.1, -0.05) is 92.9 Å². The molecule has 0 nitrogen and oxygen atoms in total. The average Bonchev–Trinajstić information content (AvgIpc) is 2.47. The quantitative estimate of drug-likeness (QED) is 0.481. The summed E-state index contributed by atoms with van der Waals surface area (Å²) in [5.74, 6) is 3.92. The van der Waals surface area contributed by atoms with Crippen LogP contribution in [0.3, 0.4) is 0 Å². The highest BCUT2D eigenvalue weighted by Gasteiger charge is 2.36. The fourth-order valence-corrected chi connectivity index (χ4v) is 4.69. The Bertz CT molecular complexity index is 247. The maximum absolute atomic E-state index is 2.54. The van der Waals surface area contributed by atoms with Gasteiger partial charge in [-0.05, 0) is 35.5 Å². The van der Waals surface area contributed by atoms with Crippen molar-refractivity contribution in [2.24, 2.45) is 29.1 Å². The lowest BCUT2D eigenvalue weighted by Gasteiger charge is -2.43. The third-order valence-corrected chi connectivity index (χ3v) is 6.43. The summed E-state index contributed by atoms with van der Waals surface area (Å²) in [5, 5.41) is 0. The van der Waals surface area contributed by atoms with Gasteiger partial charge < -0.3 is 0 Å². The van der Waals surface area contributed by atoms with Gasteiger partial charge in [0.15, 0.2) is 0 Å². The molecule has 0 radical (unpaired) electrons. The first-order valence-corrected chi connectivity index (χ1v) is 9.50. The Kier molecular flexibility index (Phi) is 7.62. The van der Waals surface area contributed by atoms with Crippen molar-refractivity contribution < 1.29 is 0 Å². The van der Waals surface area contributed by atoms with E-state index in [4.69, 9.17) is 0 Å². The van der Waals surface area contributed by atoms with Gasteiger partial charge in [-0.25, -0.2) is 0 Å². The summed E-state index contributed by atoms with van der Waals surface area (Å²) in [7, 11) is 0. The van der Waals surface area contributed by atoms with Crippen molar-refractivity contribution in [2.45, 2.75) is 99.3 Å². The number of hydrogen-bond acceptors (Lipinski definition) is 0. The van der Waals surface area contributed by atoms with Crippen LogP contribution in [0.5, 0.6) is 0 Å². The Balaban J connectivity index is 0.000000956. The van der Waals surface area contributed by atoms with Crippen molar-refractivity contribution in [2.75, 3.05) is 0 Å². The van der Waals surface area contributed by atoms with Crippen molar-refractivity contribution in [1.82, 2.24) is 0 Å². The molecular weight excluding hydrogens is 240 g/mol. The van der Waals surface area contributed by atoms with Crippen molar-refractivity contribution in [3.8, 4) is 0 Å². The Morgan fingerprint density at radius 3 is 1.85 bits per heavy atom. The predicted octanol–water partition coefficient (Wildman–Crippen LogP) is 7.08. The van der Waals surface area contributed by atoms with Crippen LogP contribution in [-0.4, -0.2) is 0 Å². The van der Waals surface area contributed by atoms with Gasteiger partial charge in [0.05, 0.1) is 0 Å². The maximum atomic E-state index is 2.54. The lowest BCUT2D eigenvalue weighted by Crippen LogP contribution is -2.34. The van der Waals surface area contributed by atoms with Crippen LogP contribution in [0.15, 0.2) is 0 Å². The van der Waals surface area contributed by atoms with Crippen molar-refractivity contribution >= 4 is 0 Å². The molecule has 0 aliphatic heterocycles. The highest BCUT2D eigenvalue weighted by atomic mass is 14.4. The number of hydrogen-bond donors (Lipinski definition) is 0. The van der Waals surface area contributed by atoms with Gasteiger partial charge in [-0.2, -0.15) is 0 Å².